The van der Waals surface area contributed by atoms with Gasteiger partial charge in [0.05, 0.1) is 6.10 Å². The van der Waals surface area contributed by atoms with E-state index in [0.29, 0.717) is 12.1 Å². The zero-order valence-corrected chi connectivity index (χ0v) is 14.9. The predicted molar refractivity (Wildman–Crippen MR) is 94.4 cm³/mol. The van der Waals surface area contributed by atoms with Crippen LogP contribution < -0.4 is 21.3 Å². The fraction of sp³-hybridized carbons (Fsp3) is 0.444. The van der Waals surface area contributed by atoms with Gasteiger partial charge in [0.25, 0.3) is 5.56 Å². The van der Waals surface area contributed by atoms with E-state index in [2.05, 4.69) is 5.32 Å². The van der Waals surface area contributed by atoms with Gasteiger partial charge in [-0.25, -0.2) is 4.79 Å². The van der Waals surface area contributed by atoms with Crippen molar-refractivity contribution in [2.24, 2.45) is 14.1 Å². The summed E-state index contributed by atoms with van der Waals surface area (Å²) in [6.07, 6.45) is 1.73. The minimum absolute atomic E-state index is 0.0695. The molecule has 6 heteroatoms. The van der Waals surface area contributed by atoms with Crippen molar-refractivity contribution in [1.29, 1.82) is 0 Å². The maximum Gasteiger partial charge on any atom is 0.330 e. The lowest BCUT2D eigenvalue weighted by Crippen LogP contribution is -2.39. The second kappa shape index (κ2) is 7.49. The first kappa shape index (κ1) is 18.0. The van der Waals surface area contributed by atoms with Crippen molar-refractivity contribution < 1.29 is 4.74 Å². The monoisotopic (exact) mass is 331 g/mol. The third-order valence-electron chi connectivity index (χ3n) is 3.87. The number of hydrogen-bond donors (Lipinski definition) is 1. The van der Waals surface area contributed by atoms with Crippen LogP contribution >= 0.6 is 0 Å². The third-order valence-corrected chi connectivity index (χ3v) is 3.87. The van der Waals surface area contributed by atoms with Crippen LogP contribution in [0, 0.1) is 0 Å². The number of aryl methyl sites for hydroxylation is 1. The normalized spacial score (nSPS) is 12.4. The Morgan fingerprint density at radius 3 is 2.29 bits per heavy atom. The molecule has 0 aliphatic carbocycles. The Morgan fingerprint density at radius 1 is 1.08 bits per heavy atom. The molecule has 0 radical (unpaired) electrons. The maximum atomic E-state index is 12.1. The predicted octanol–water partition coefficient (Wildman–Crippen LogP) is 1.72. The minimum atomic E-state index is -0.322. The zero-order chi connectivity index (χ0) is 17.9. The maximum absolute atomic E-state index is 12.1. The van der Waals surface area contributed by atoms with Crippen molar-refractivity contribution in [2.45, 2.75) is 39.5 Å². The number of ether oxygens (including phenoxy) is 1. The lowest BCUT2D eigenvalue weighted by molar-refractivity contribution is 0.242. The van der Waals surface area contributed by atoms with Crippen LogP contribution in [0.1, 0.15) is 37.9 Å². The SMILES string of the molecule is CC(C)Oc1ccc(C(C)NCc2cn(C)c(=O)n(C)c2=O)cc1. The topological polar surface area (TPSA) is 65.3 Å². The number of nitrogens with zero attached hydrogens (tertiary/aromatic N) is 2. The summed E-state index contributed by atoms with van der Waals surface area (Å²) in [5.74, 6) is 0.841. The Balaban J connectivity index is 2.07. The van der Waals surface area contributed by atoms with E-state index in [1.165, 1.54) is 11.6 Å². The smallest absolute Gasteiger partial charge is 0.330 e. The van der Waals surface area contributed by atoms with Crippen LogP contribution in [-0.4, -0.2) is 15.2 Å². The highest BCUT2D eigenvalue weighted by molar-refractivity contribution is 5.29. The second-order valence-electron chi connectivity index (χ2n) is 6.25. The Kier molecular flexibility index (Phi) is 5.62. The molecule has 0 saturated carbocycles. The molecule has 1 atom stereocenters. The number of hydrogen-bond acceptors (Lipinski definition) is 4. The molecule has 0 saturated heterocycles. The van der Waals surface area contributed by atoms with E-state index in [4.69, 9.17) is 4.74 Å². The van der Waals surface area contributed by atoms with Crippen molar-refractivity contribution in [3.8, 4) is 5.75 Å². The van der Waals surface area contributed by atoms with Gasteiger partial charge in [-0.05, 0) is 38.5 Å². The highest BCUT2D eigenvalue weighted by Gasteiger charge is 2.10. The van der Waals surface area contributed by atoms with Crippen LogP contribution in [0.25, 0.3) is 0 Å². The molecule has 2 aromatic rings. The summed E-state index contributed by atoms with van der Waals surface area (Å²) in [5, 5.41) is 3.32. The van der Waals surface area contributed by atoms with Gasteiger partial charge >= 0.3 is 5.69 Å². The molecule has 130 valence electrons. The lowest BCUT2D eigenvalue weighted by atomic mass is 10.1. The number of aromatic nitrogens is 2. The third kappa shape index (κ3) is 4.14. The summed E-state index contributed by atoms with van der Waals surface area (Å²) in [6.45, 7) is 6.41. The molecule has 1 aromatic heterocycles. The molecule has 1 unspecified atom stereocenters. The Labute approximate surface area is 141 Å². The van der Waals surface area contributed by atoms with Gasteiger partial charge in [-0.3, -0.25) is 9.36 Å². The zero-order valence-electron chi connectivity index (χ0n) is 14.9. The number of benzene rings is 1. The van der Waals surface area contributed by atoms with Gasteiger partial charge < -0.3 is 14.6 Å². The quantitative estimate of drug-likeness (QED) is 0.875. The van der Waals surface area contributed by atoms with Gasteiger partial charge in [-0.15, -0.1) is 0 Å². The summed E-state index contributed by atoms with van der Waals surface area (Å²) in [6, 6.07) is 7.97. The van der Waals surface area contributed by atoms with Crippen LogP contribution in [0.2, 0.25) is 0 Å². The first-order chi connectivity index (χ1) is 11.3. The molecule has 0 amide bonds. The van der Waals surface area contributed by atoms with Crippen LogP contribution in [0.5, 0.6) is 5.75 Å². The average Bonchev–Trinajstić information content (AvgIpc) is 2.55. The van der Waals surface area contributed by atoms with Crippen molar-refractivity contribution in [2.75, 3.05) is 0 Å². The lowest BCUT2D eigenvalue weighted by Gasteiger charge is -2.16. The van der Waals surface area contributed by atoms with E-state index in [1.807, 2.05) is 45.0 Å². The first-order valence-corrected chi connectivity index (χ1v) is 8.05. The molecule has 0 spiro atoms. The first-order valence-electron chi connectivity index (χ1n) is 8.05. The highest BCUT2D eigenvalue weighted by Crippen LogP contribution is 2.18. The van der Waals surface area contributed by atoms with Gasteiger partial charge in [0, 0.05) is 38.4 Å². The molecule has 0 bridgehead atoms. The highest BCUT2D eigenvalue weighted by atomic mass is 16.5. The van der Waals surface area contributed by atoms with Crippen molar-refractivity contribution in [1.82, 2.24) is 14.5 Å². The van der Waals surface area contributed by atoms with E-state index in [-0.39, 0.29) is 23.4 Å². The number of rotatable bonds is 6. The van der Waals surface area contributed by atoms with Gasteiger partial charge in [0.1, 0.15) is 5.75 Å². The standard InChI is InChI=1S/C18H25N3O3/c1-12(2)24-16-8-6-14(7-9-16)13(3)19-10-15-11-20(4)18(23)21(5)17(15)22/h6-9,11-13,19H,10H2,1-5H3. The largest absolute Gasteiger partial charge is 0.491 e. The molecule has 0 fully saturated rings. The molecular weight excluding hydrogens is 306 g/mol. The van der Waals surface area contributed by atoms with Crippen molar-refractivity contribution >= 4 is 0 Å². The van der Waals surface area contributed by atoms with Gasteiger partial charge in [0.2, 0.25) is 0 Å². The molecule has 6 nitrogen and oxygen atoms in total. The summed E-state index contributed by atoms with van der Waals surface area (Å²) in [5.41, 5.74) is 1.08. The molecule has 0 aliphatic heterocycles. The van der Waals surface area contributed by atoms with Crippen LogP contribution in [-0.2, 0) is 20.6 Å². The molecule has 24 heavy (non-hydrogen) atoms. The van der Waals surface area contributed by atoms with E-state index in [1.54, 1.807) is 13.2 Å². The average molecular weight is 331 g/mol. The summed E-state index contributed by atoms with van der Waals surface area (Å²) in [7, 11) is 3.13. The van der Waals surface area contributed by atoms with Gasteiger partial charge in [0.15, 0.2) is 0 Å². The Morgan fingerprint density at radius 2 is 1.71 bits per heavy atom. The van der Waals surface area contributed by atoms with Crippen molar-refractivity contribution in [3.63, 3.8) is 0 Å². The van der Waals surface area contributed by atoms with E-state index < -0.39 is 0 Å². The van der Waals surface area contributed by atoms with Crippen molar-refractivity contribution in [3.05, 3.63) is 62.4 Å². The molecule has 2 rings (SSSR count). The fourth-order valence-corrected chi connectivity index (χ4v) is 2.49. The van der Waals surface area contributed by atoms with E-state index in [9.17, 15) is 9.59 Å². The van der Waals surface area contributed by atoms with E-state index in [0.717, 1.165) is 15.9 Å². The Hall–Kier alpha value is -2.34. The van der Waals surface area contributed by atoms with Crippen LogP contribution in [0.15, 0.2) is 40.1 Å². The summed E-state index contributed by atoms with van der Waals surface area (Å²) in [4.78, 5) is 23.8. The summed E-state index contributed by atoms with van der Waals surface area (Å²) >= 11 is 0. The molecule has 1 aromatic carbocycles. The number of nitrogens with one attached hydrogen (secondary N) is 1. The van der Waals surface area contributed by atoms with Gasteiger partial charge in [-0.1, -0.05) is 12.1 Å². The second-order valence-corrected chi connectivity index (χ2v) is 6.25. The van der Waals surface area contributed by atoms with Crippen LogP contribution in [0.3, 0.4) is 0 Å². The minimum Gasteiger partial charge on any atom is -0.491 e. The molecule has 1 N–H and O–H groups in total. The molecule has 0 aliphatic rings. The van der Waals surface area contributed by atoms with Gasteiger partial charge in [-0.2, -0.15) is 0 Å². The fourth-order valence-electron chi connectivity index (χ4n) is 2.49. The molecule has 1 heterocycles. The Bertz CT molecular complexity index is 804. The van der Waals surface area contributed by atoms with E-state index >= 15 is 0 Å². The van der Waals surface area contributed by atoms with Crippen LogP contribution in [0.4, 0.5) is 0 Å². The summed E-state index contributed by atoms with van der Waals surface area (Å²) < 4.78 is 8.18. The molecular formula is C18H25N3O3.